The summed E-state index contributed by atoms with van der Waals surface area (Å²) in [4.78, 5) is 0. The Morgan fingerprint density at radius 3 is 1.56 bits per heavy atom. The van der Waals surface area contributed by atoms with Gasteiger partial charge in [-0.05, 0) is 78.5 Å². The maximum Gasteiger partial charge on any atom is 0.119 e. The van der Waals surface area contributed by atoms with Crippen molar-refractivity contribution in [3.05, 3.63) is 88.5 Å². The lowest BCUT2D eigenvalue weighted by Crippen LogP contribution is -2.16. The van der Waals surface area contributed by atoms with Crippen LogP contribution in [-0.2, 0) is 0 Å². The third-order valence-corrected chi connectivity index (χ3v) is 8.13. The molecule has 5 rings (SSSR count). The van der Waals surface area contributed by atoms with Gasteiger partial charge in [-0.1, -0.05) is 74.9 Å². The number of nitrogen functional groups attached to an aromatic ring is 1. The molecule has 0 heterocycles. The Bertz CT molecular complexity index is 1060. The molecule has 2 aliphatic carbocycles. The highest BCUT2D eigenvalue weighted by Crippen LogP contribution is 2.48. The predicted molar refractivity (Wildman–Crippen MR) is 140 cm³/mol. The zero-order chi connectivity index (χ0) is 23.5. The van der Waals surface area contributed by atoms with Crippen LogP contribution in [0.1, 0.15) is 110 Å². The van der Waals surface area contributed by atoms with Gasteiger partial charge in [0.1, 0.15) is 11.5 Å². The molecule has 0 atom stereocenters. The predicted octanol–water partition coefficient (Wildman–Crippen LogP) is 7.96. The molecular formula is C31H37NO2. The van der Waals surface area contributed by atoms with Crippen LogP contribution in [0.15, 0.2) is 60.7 Å². The lowest BCUT2D eigenvalue weighted by atomic mass is 9.72. The van der Waals surface area contributed by atoms with Crippen LogP contribution in [0.25, 0.3) is 0 Å². The number of nitrogens with two attached hydrogens (primary N) is 1. The summed E-state index contributed by atoms with van der Waals surface area (Å²) in [7, 11) is 0. The standard InChI is InChI=1S/C31H37NO2/c32-24-15-7-14-23(20-24)29(25-16-8-18-27(33)30(25)21-10-3-1-4-11-21)26-17-9-19-28(34)31(26)22-12-5-2-6-13-22/h7-9,14-22,29,33-34H,1-6,10-13,32H2. The van der Waals surface area contributed by atoms with Crippen LogP contribution in [0.4, 0.5) is 5.69 Å². The highest BCUT2D eigenvalue weighted by atomic mass is 16.3. The van der Waals surface area contributed by atoms with Crippen LogP contribution >= 0.6 is 0 Å². The first-order valence-electron chi connectivity index (χ1n) is 13.1. The molecule has 2 saturated carbocycles. The lowest BCUT2D eigenvalue weighted by Gasteiger charge is -2.32. The molecule has 0 saturated heterocycles. The Morgan fingerprint density at radius 1 is 0.618 bits per heavy atom. The number of hydrogen-bond acceptors (Lipinski definition) is 3. The van der Waals surface area contributed by atoms with Crippen molar-refractivity contribution in [2.45, 2.75) is 82.0 Å². The Balaban J connectivity index is 1.73. The summed E-state index contributed by atoms with van der Waals surface area (Å²) in [5.74, 6) is 1.44. The molecule has 0 spiro atoms. The van der Waals surface area contributed by atoms with E-state index in [-0.39, 0.29) is 5.92 Å². The van der Waals surface area contributed by atoms with Crippen molar-refractivity contribution in [1.82, 2.24) is 0 Å². The lowest BCUT2D eigenvalue weighted by molar-refractivity contribution is 0.408. The summed E-state index contributed by atoms with van der Waals surface area (Å²) in [5, 5.41) is 22.3. The van der Waals surface area contributed by atoms with Gasteiger partial charge < -0.3 is 15.9 Å². The zero-order valence-corrected chi connectivity index (χ0v) is 20.0. The van der Waals surface area contributed by atoms with Gasteiger partial charge in [0, 0.05) is 22.7 Å². The van der Waals surface area contributed by atoms with Crippen molar-refractivity contribution in [3.63, 3.8) is 0 Å². The topological polar surface area (TPSA) is 66.5 Å². The molecule has 2 aliphatic rings. The van der Waals surface area contributed by atoms with Crippen molar-refractivity contribution in [2.24, 2.45) is 0 Å². The Labute approximate surface area is 203 Å². The number of phenols is 2. The summed E-state index contributed by atoms with van der Waals surface area (Å²) < 4.78 is 0. The van der Waals surface area contributed by atoms with Gasteiger partial charge in [0.25, 0.3) is 0 Å². The second-order valence-electron chi connectivity index (χ2n) is 10.3. The maximum atomic E-state index is 11.1. The first-order valence-corrected chi connectivity index (χ1v) is 13.1. The molecule has 3 aromatic carbocycles. The van der Waals surface area contributed by atoms with E-state index in [0.717, 1.165) is 59.2 Å². The summed E-state index contributed by atoms with van der Waals surface area (Å²) in [6, 6.07) is 20.2. The van der Waals surface area contributed by atoms with Gasteiger partial charge in [-0.2, -0.15) is 0 Å². The highest BCUT2D eigenvalue weighted by Gasteiger charge is 2.31. The van der Waals surface area contributed by atoms with E-state index >= 15 is 0 Å². The molecule has 34 heavy (non-hydrogen) atoms. The van der Waals surface area contributed by atoms with E-state index in [0.29, 0.717) is 23.3 Å². The van der Waals surface area contributed by atoms with Crippen molar-refractivity contribution in [1.29, 1.82) is 0 Å². The molecule has 0 radical (unpaired) electrons. The molecule has 3 nitrogen and oxygen atoms in total. The molecule has 0 aliphatic heterocycles. The monoisotopic (exact) mass is 455 g/mol. The van der Waals surface area contributed by atoms with Crippen molar-refractivity contribution in [2.75, 3.05) is 5.73 Å². The van der Waals surface area contributed by atoms with Crippen LogP contribution in [0, 0.1) is 0 Å². The third kappa shape index (κ3) is 4.53. The molecule has 178 valence electrons. The van der Waals surface area contributed by atoms with E-state index in [2.05, 4.69) is 24.3 Å². The molecule has 0 unspecified atom stereocenters. The number of anilines is 1. The van der Waals surface area contributed by atoms with Gasteiger partial charge in [-0.15, -0.1) is 0 Å². The second-order valence-corrected chi connectivity index (χ2v) is 10.3. The van der Waals surface area contributed by atoms with Crippen LogP contribution < -0.4 is 5.73 Å². The second kappa shape index (κ2) is 10.1. The van der Waals surface area contributed by atoms with Gasteiger partial charge in [0.15, 0.2) is 0 Å². The first-order chi connectivity index (χ1) is 16.6. The number of phenolic OH excluding ortho intramolecular Hbond substituents is 2. The number of hydrogen-bond donors (Lipinski definition) is 3. The minimum absolute atomic E-state index is 0.0865. The molecule has 4 N–H and O–H groups in total. The fraction of sp³-hybridized carbons (Fsp3) is 0.419. The van der Waals surface area contributed by atoms with Crippen molar-refractivity contribution >= 4 is 5.69 Å². The fourth-order valence-electron chi connectivity index (χ4n) is 6.58. The average Bonchev–Trinajstić information content (AvgIpc) is 2.86. The minimum Gasteiger partial charge on any atom is -0.508 e. The van der Waals surface area contributed by atoms with E-state index in [1.54, 1.807) is 0 Å². The average molecular weight is 456 g/mol. The van der Waals surface area contributed by atoms with E-state index in [4.69, 9.17) is 5.73 Å². The van der Waals surface area contributed by atoms with Gasteiger partial charge in [0.05, 0.1) is 0 Å². The van der Waals surface area contributed by atoms with Gasteiger partial charge in [-0.3, -0.25) is 0 Å². The largest absolute Gasteiger partial charge is 0.508 e. The van der Waals surface area contributed by atoms with Crippen LogP contribution in [0.2, 0.25) is 0 Å². The SMILES string of the molecule is Nc1cccc(C(c2cccc(O)c2C2CCCCC2)c2cccc(O)c2C2CCCCC2)c1. The fourth-order valence-corrected chi connectivity index (χ4v) is 6.58. The molecule has 0 amide bonds. The molecular weight excluding hydrogens is 418 g/mol. The minimum atomic E-state index is -0.0865. The van der Waals surface area contributed by atoms with E-state index in [1.165, 1.54) is 38.5 Å². The van der Waals surface area contributed by atoms with Gasteiger partial charge in [0.2, 0.25) is 0 Å². The normalized spacial score (nSPS) is 17.8. The molecule has 2 fully saturated rings. The third-order valence-electron chi connectivity index (χ3n) is 8.13. The van der Waals surface area contributed by atoms with E-state index < -0.39 is 0 Å². The summed E-state index contributed by atoms with van der Waals surface area (Å²) in [6.45, 7) is 0. The molecule has 3 heteroatoms. The first kappa shape index (κ1) is 22.8. The summed E-state index contributed by atoms with van der Waals surface area (Å²) in [6.07, 6.45) is 11.8. The van der Waals surface area contributed by atoms with Crippen molar-refractivity contribution < 1.29 is 10.2 Å². The number of benzene rings is 3. The maximum absolute atomic E-state index is 11.1. The summed E-state index contributed by atoms with van der Waals surface area (Å²) in [5.41, 5.74) is 12.6. The zero-order valence-electron chi connectivity index (χ0n) is 20.0. The van der Waals surface area contributed by atoms with Crippen LogP contribution in [0.3, 0.4) is 0 Å². The van der Waals surface area contributed by atoms with Gasteiger partial charge in [-0.25, -0.2) is 0 Å². The highest BCUT2D eigenvalue weighted by molar-refractivity contribution is 5.58. The Hall–Kier alpha value is -2.94. The summed E-state index contributed by atoms with van der Waals surface area (Å²) >= 11 is 0. The number of aromatic hydroxyl groups is 2. The van der Waals surface area contributed by atoms with Crippen LogP contribution in [-0.4, -0.2) is 10.2 Å². The van der Waals surface area contributed by atoms with Crippen LogP contribution in [0.5, 0.6) is 11.5 Å². The van der Waals surface area contributed by atoms with E-state index in [9.17, 15) is 10.2 Å². The number of rotatable bonds is 5. The molecule has 0 bridgehead atoms. The molecule has 3 aromatic rings. The van der Waals surface area contributed by atoms with E-state index in [1.807, 2.05) is 36.4 Å². The Morgan fingerprint density at radius 2 is 1.09 bits per heavy atom. The smallest absolute Gasteiger partial charge is 0.119 e. The van der Waals surface area contributed by atoms with Crippen molar-refractivity contribution in [3.8, 4) is 11.5 Å². The Kier molecular flexibility index (Phi) is 6.80. The molecule has 0 aromatic heterocycles. The van der Waals surface area contributed by atoms with Gasteiger partial charge >= 0.3 is 0 Å². The quantitative estimate of drug-likeness (QED) is 0.270.